The number of anilines is 1. The normalized spacial score (nSPS) is 18.6. The van der Waals surface area contributed by atoms with Gasteiger partial charge in [0.1, 0.15) is 11.5 Å². The third-order valence-electron chi connectivity index (χ3n) is 3.79. The Kier molecular flexibility index (Phi) is 5.07. The van der Waals surface area contributed by atoms with Gasteiger partial charge in [0.05, 0.1) is 12.4 Å². The predicted octanol–water partition coefficient (Wildman–Crippen LogP) is 2.91. The van der Waals surface area contributed by atoms with E-state index in [0.29, 0.717) is 12.4 Å². The minimum atomic E-state index is -4.73. The van der Waals surface area contributed by atoms with Crippen LogP contribution in [0.1, 0.15) is 27.8 Å². The van der Waals surface area contributed by atoms with Gasteiger partial charge < -0.3 is 15.8 Å². The quantitative estimate of drug-likeness (QED) is 0.745. The molecule has 1 aromatic heterocycles. The number of alkyl halides is 5. The molecule has 0 saturated carbocycles. The number of halogens is 6. The molecule has 1 aromatic carbocycles. The second kappa shape index (κ2) is 7.22. The SMILES string of the molecule is NC1=NC(c2cc(NC(=O)c3cnc(C(F)(F)F)cn3)ccc2F)C(F)(F)CO1. The molecule has 1 aliphatic rings. The maximum atomic E-state index is 14.1. The van der Waals surface area contributed by atoms with Crippen LogP contribution < -0.4 is 11.1 Å². The number of aliphatic imine (C=N–C) groups is 1. The van der Waals surface area contributed by atoms with Crippen molar-refractivity contribution in [2.45, 2.75) is 18.1 Å². The predicted molar refractivity (Wildman–Crippen MR) is 86.6 cm³/mol. The standard InChI is InChI=1S/C16H11F6N5O2/c17-9-2-1-7(3-8(9)12-15(18,19)6-29-14(23)27-12)26-13(28)10-4-25-11(5-24-10)16(20,21)22/h1-5,12H,6H2,(H2,23,27)(H,26,28). The molecule has 2 aromatic rings. The lowest BCUT2D eigenvalue weighted by molar-refractivity contribution is -0.141. The number of nitrogens with zero attached hydrogens (tertiary/aromatic N) is 3. The molecule has 3 rings (SSSR count). The van der Waals surface area contributed by atoms with Crippen LogP contribution in [0.15, 0.2) is 35.6 Å². The highest BCUT2D eigenvalue weighted by molar-refractivity contribution is 6.02. The summed E-state index contributed by atoms with van der Waals surface area (Å²) >= 11 is 0. The van der Waals surface area contributed by atoms with Crippen molar-refractivity contribution in [3.05, 3.63) is 53.4 Å². The van der Waals surface area contributed by atoms with Gasteiger partial charge in [0, 0.05) is 11.3 Å². The van der Waals surface area contributed by atoms with Crippen LogP contribution in [-0.2, 0) is 10.9 Å². The summed E-state index contributed by atoms with van der Waals surface area (Å²) < 4.78 is 84.1. The first-order valence-electron chi connectivity index (χ1n) is 7.81. The van der Waals surface area contributed by atoms with E-state index in [4.69, 9.17) is 5.73 Å². The Labute approximate surface area is 158 Å². The molecule has 0 bridgehead atoms. The minimum absolute atomic E-state index is 0.121. The molecule has 0 aliphatic carbocycles. The Balaban J connectivity index is 1.85. The number of carbonyl (C=O) groups is 1. The van der Waals surface area contributed by atoms with Gasteiger partial charge in [-0.15, -0.1) is 0 Å². The van der Waals surface area contributed by atoms with Gasteiger partial charge in [-0.1, -0.05) is 0 Å². The lowest BCUT2D eigenvalue weighted by Crippen LogP contribution is -2.40. The zero-order chi connectivity index (χ0) is 21.4. The maximum Gasteiger partial charge on any atom is 0.434 e. The van der Waals surface area contributed by atoms with Crippen LogP contribution in [0.4, 0.5) is 32.0 Å². The van der Waals surface area contributed by atoms with E-state index in [1.165, 1.54) is 0 Å². The summed E-state index contributed by atoms with van der Waals surface area (Å²) in [5, 5.41) is 2.22. The van der Waals surface area contributed by atoms with E-state index in [0.717, 1.165) is 18.2 Å². The highest BCUT2D eigenvalue weighted by Gasteiger charge is 2.46. The average Bonchev–Trinajstić information content (AvgIpc) is 2.65. The summed E-state index contributed by atoms with van der Waals surface area (Å²) in [6, 6.07) is 0.263. The van der Waals surface area contributed by atoms with Crippen molar-refractivity contribution in [3.8, 4) is 0 Å². The third kappa shape index (κ3) is 4.38. The van der Waals surface area contributed by atoms with Crippen LogP contribution in [0.2, 0.25) is 0 Å². The fraction of sp³-hybridized carbons (Fsp3) is 0.250. The molecule has 1 aliphatic heterocycles. The minimum Gasteiger partial charge on any atom is -0.459 e. The van der Waals surface area contributed by atoms with Crippen LogP contribution in [0, 0.1) is 5.82 Å². The zero-order valence-corrected chi connectivity index (χ0v) is 14.2. The molecule has 3 N–H and O–H groups in total. The first-order chi connectivity index (χ1) is 13.5. The monoisotopic (exact) mass is 419 g/mol. The lowest BCUT2D eigenvalue weighted by Gasteiger charge is -2.28. The summed E-state index contributed by atoms with van der Waals surface area (Å²) in [4.78, 5) is 22.0. The Bertz CT molecular complexity index is 961. The number of nitrogens with two attached hydrogens (primary N) is 1. The highest BCUT2D eigenvalue weighted by Crippen LogP contribution is 2.39. The van der Waals surface area contributed by atoms with E-state index in [2.05, 4.69) is 25.0 Å². The van der Waals surface area contributed by atoms with E-state index in [9.17, 15) is 31.1 Å². The van der Waals surface area contributed by atoms with Gasteiger partial charge >= 0.3 is 12.1 Å². The smallest absolute Gasteiger partial charge is 0.434 e. The molecule has 1 unspecified atom stereocenters. The Morgan fingerprint density at radius 2 is 1.97 bits per heavy atom. The van der Waals surface area contributed by atoms with Gasteiger partial charge in [0.15, 0.2) is 18.3 Å². The highest BCUT2D eigenvalue weighted by atomic mass is 19.4. The topological polar surface area (TPSA) is 102 Å². The van der Waals surface area contributed by atoms with Gasteiger partial charge in [-0.2, -0.15) is 13.2 Å². The number of carbonyl (C=O) groups excluding carboxylic acids is 1. The molecular weight excluding hydrogens is 408 g/mol. The van der Waals surface area contributed by atoms with Crippen LogP contribution >= 0.6 is 0 Å². The van der Waals surface area contributed by atoms with Crippen molar-refractivity contribution in [3.63, 3.8) is 0 Å². The average molecular weight is 419 g/mol. The molecule has 29 heavy (non-hydrogen) atoms. The number of hydrogen-bond acceptors (Lipinski definition) is 6. The number of amides is 1. The number of benzene rings is 1. The van der Waals surface area contributed by atoms with Crippen LogP contribution in [-0.4, -0.2) is 34.4 Å². The Hall–Kier alpha value is -3.38. The second-order valence-electron chi connectivity index (χ2n) is 5.89. The van der Waals surface area contributed by atoms with Crippen molar-refractivity contribution >= 4 is 17.6 Å². The molecule has 7 nitrogen and oxygen atoms in total. The number of rotatable bonds is 3. The summed E-state index contributed by atoms with van der Waals surface area (Å²) in [5.74, 6) is -5.57. The summed E-state index contributed by atoms with van der Waals surface area (Å²) in [7, 11) is 0. The van der Waals surface area contributed by atoms with E-state index in [-0.39, 0.29) is 5.69 Å². The molecule has 1 atom stereocenters. The maximum absolute atomic E-state index is 14.1. The van der Waals surface area contributed by atoms with Gasteiger partial charge in [-0.3, -0.25) is 4.79 Å². The first kappa shape index (κ1) is 20.4. The molecule has 0 saturated heterocycles. The van der Waals surface area contributed by atoms with Crippen molar-refractivity contribution in [2.75, 3.05) is 11.9 Å². The lowest BCUT2D eigenvalue weighted by atomic mass is 9.99. The number of aromatic nitrogens is 2. The molecule has 13 heteroatoms. The number of hydrogen-bond donors (Lipinski definition) is 2. The number of ether oxygens (including phenoxy) is 1. The van der Waals surface area contributed by atoms with Crippen LogP contribution in [0.25, 0.3) is 0 Å². The Morgan fingerprint density at radius 1 is 1.24 bits per heavy atom. The van der Waals surface area contributed by atoms with E-state index in [1.807, 2.05) is 0 Å². The third-order valence-corrected chi connectivity index (χ3v) is 3.79. The zero-order valence-electron chi connectivity index (χ0n) is 14.2. The first-order valence-corrected chi connectivity index (χ1v) is 7.81. The van der Waals surface area contributed by atoms with Gasteiger partial charge in [-0.05, 0) is 18.2 Å². The van der Waals surface area contributed by atoms with Crippen molar-refractivity contribution < 1.29 is 35.9 Å². The second-order valence-corrected chi connectivity index (χ2v) is 5.89. The van der Waals surface area contributed by atoms with Gasteiger partial charge in [-0.25, -0.2) is 28.1 Å². The molecule has 154 valence electrons. The van der Waals surface area contributed by atoms with Crippen LogP contribution in [0.5, 0.6) is 0 Å². The van der Waals surface area contributed by atoms with E-state index >= 15 is 0 Å². The van der Waals surface area contributed by atoms with Crippen molar-refractivity contribution in [1.29, 1.82) is 0 Å². The fourth-order valence-corrected chi connectivity index (χ4v) is 2.42. The van der Waals surface area contributed by atoms with Gasteiger partial charge in [0.25, 0.3) is 11.9 Å². The van der Waals surface area contributed by atoms with E-state index < -0.39 is 59.4 Å². The molecule has 0 fully saturated rings. The molecule has 2 heterocycles. The van der Waals surface area contributed by atoms with Gasteiger partial charge in [0.2, 0.25) is 0 Å². The van der Waals surface area contributed by atoms with E-state index in [1.54, 1.807) is 0 Å². The fourth-order valence-electron chi connectivity index (χ4n) is 2.42. The largest absolute Gasteiger partial charge is 0.459 e. The number of amidine groups is 1. The van der Waals surface area contributed by atoms with Crippen molar-refractivity contribution in [1.82, 2.24) is 9.97 Å². The summed E-state index contributed by atoms with van der Waals surface area (Å²) in [6.45, 7) is -1.11. The molecule has 0 radical (unpaired) electrons. The van der Waals surface area contributed by atoms with Crippen molar-refractivity contribution in [2.24, 2.45) is 10.7 Å². The number of nitrogens with one attached hydrogen (secondary N) is 1. The molecule has 1 amide bonds. The van der Waals surface area contributed by atoms with Crippen LogP contribution in [0.3, 0.4) is 0 Å². The summed E-state index contributed by atoms with van der Waals surface area (Å²) in [5.41, 5.74) is 2.83. The Morgan fingerprint density at radius 3 is 2.59 bits per heavy atom. The summed E-state index contributed by atoms with van der Waals surface area (Å²) in [6.07, 6.45) is -3.77. The molecule has 0 spiro atoms. The molecular formula is C16H11F6N5O2.